The molecule has 0 unspecified atom stereocenters. The third-order valence-corrected chi connectivity index (χ3v) is 3.81. The van der Waals surface area contributed by atoms with Gasteiger partial charge in [-0.05, 0) is 23.1 Å². The Hall–Kier alpha value is -1.76. The monoisotopic (exact) mass is 332 g/mol. The van der Waals surface area contributed by atoms with E-state index < -0.39 is 24.9 Å². The molecule has 0 bridgehead atoms. The van der Waals surface area contributed by atoms with E-state index in [9.17, 15) is 10.2 Å². The number of aliphatic hydroxyl groups is 4. The molecule has 4 N–H and O–H groups in total. The zero-order valence-electron chi connectivity index (χ0n) is 13.5. The van der Waals surface area contributed by atoms with Crippen LogP contribution in [0.1, 0.15) is 22.8 Å². The Morgan fingerprint density at radius 3 is 2.25 bits per heavy atom. The van der Waals surface area contributed by atoms with Crippen LogP contribution >= 0.6 is 0 Å². The van der Waals surface area contributed by atoms with Gasteiger partial charge in [0.05, 0.1) is 19.8 Å². The second-order valence-corrected chi connectivity index (χ2v) is 5.66. The van der Waals surface area contributed by atoms with E-state index in [2.05, 4.69) is 0 Å². The van der Waals surface area contributed by atoms with Gasteiger partial charge in [-0.15, -0.1) is 0 Å². The smallest absolute Gasteiger partial charge is 0.112 e. The van der Waals surface area contributed by atoms with Crippen molar-refractivity contribution in [2.24, 2.45) is 0 Å². The van der Waals surface area contributed by atoms with E-state index in [-0.39, 0.29) is 13.2 Å². The molecule has 0 fully saturated rings. The molecule has 0 heterocycles. The van der Waals surface area contributed by atoms with Crippen LogP contribution in [0.3, 0.4) is 0 Å². The Balaban J connectivity index is 2.21. The summed E-state index contributed by atoms with van der Waals surface area (Å²) in [7, 11) is 0. The number of hydrogen-bond acceptors (Lipinski definition) is 5. The lowest BCUT2D eigenvalue weighted by Crippen LogP contribution is -2.36. The molecular formula is C19H24O5. The molecule has 0 amide bonds. The van der Waals surface area contributed by atoms with E-state index in [4.69, 9.17) is 14.9 Å². The maximum atomic E-state index is 10.2. The maximum Gasteiger partial charge on any atom is 0.112 e. The van der Waals surface area contributed by atoms with Crippen molar-refractivity contribution in [3.05, 3.63) is 71.3 Å². The normalized spacial score (nSPS) is 15.0. The zero-order valence-corrected chi connectivity index (χ0v) is 13.5. The first-order valence-electron chi connectivity index (χ1n) is 7.98. The number of ether oxygens (including phenoxy) is 1. The number of rotatable bonds is 9. The number of hydrogen-bond donors (Lipinski definition) is 4. The predicted octanol–water partition coefficient (Wildman–Crippen LogP) is 1.04. The van der Waals surface area contributed by atoms with Gasteiger partial charge in [-0.1, -0.05) is 54.6 Å². The van der Waals surface area contributed by atoms with E-state index in [0.717, 1.165) is 12.0 Å². The molecule has 130 valence electrons. The molecule has 2 aromatic carbocycles. The van der Waals surface area contributed by atoms with Crippen LogP contribution in [0.15, 0.2) is 54.6 Å². The highest BCUT2D eigenvalue weighted by Gasteiger charge is 2.28. The summed E-state index contributed by atoms with van der Waals surface area (Å²) in [6, 6.07) is 17.5. The molecule has 0 saturated heterocycles. The SMILES string of the molecule is OCCO[C@@H](c1cccc(Cc2ccccc2)c1)[C@H](O)[C@@H](O)CO. The Morgan fingerprint density at radius 1 is 0.875 bits per heavy atom. The van der Waals surface area contributed by atoms with Gasteiger partial charge in [0.15, 0.2) is 0 Å². The fourth-order valence-corrected chi connectivity index (χ4v) is 2.59. The zero-order chi connectivity index (χ0) is 17.4. The minimum absolute atomic E-state index is 0.0305. The first kappa shape index (κ1) is 18.6. The van der Waals surface area contributed by atoms with Crippen molar-refractivity contribution in [2.45, 2.75) is 24.7 Å². The van der Waals surface area contributed by atoms with Crippen molar-refractivity contribution in [1.82, 2.24) is 0 Å². The molecule has 24 heavy (non-hydrogen) atoms. The molecule has 2 aromatic rings. The standard InChI is InChI=1S/C19H24O5/c20-9-10-24-19(18(23)17(22)13-21)16-8-4-7-15(12-16)11-14-5-2-1-3-6-14/h1-8,12,17-23H,9-11,13H2/t17-,18+,19-/m0/s1. The van der Waals surface area contributed by atoms with E-state index in [1.165, 1.54) is 5.56 Å². The highest BCUT2D eigenvalue weighted by atomic mass is 16.5. The summed E-state index contributed by atoms with van der Waals surface area (Å²) < 4.78 is 5.50. The average Bonchev–Trinajstić information content (AvgIpc) is 2.62. The molecule has 0 aliphatic carbocycles. The van der Waals surface area contributed by atoms with Crippen molar-refractivity contribution in [3.8, 4) is 0 Å². The fourth-order valence-electron chi connectivity index (χ4n) is 2.59. The molecular weight excluding hydrogens is 308 g/mol. The maximum absolute atomic E-state index is 10.2. The van der Waals surface area contributed by atoms with E-state index >= 15 is 0 Å². The Labute approximate surface area is 141 Å². The van der Waals surface area contributed by atoms with Crippen molar-refractivity contribution in [2.75, 3.05) is 19.8 Å². The lowest BCUT2D eigenvalue weighted by atomic mass is 9.96. The fraction of sp³-hybridized carbons (Fsp3) is 0.368. The van der Waals surface area contributed by atoms with E-state index in [1.54, 1.807) is 6.07 Å². The second-order valence-electron chi connectivity index (χ2n) is 5.66. The Morgan fingerprint density at radius 2 is 1.58 bits per heavy atom. The highest BCUT2D eigenvalue weighted by Crippen LogP contribution is 2.25. The van der Waals surface area contributed by atoms with Gasteiger partial charge >= 0.3 is 0 Å². The summed E-state index contributed by atoms with van der Waals surface area (Å²) in [5.74, 6) is 0. The topological polar surface area (TPSA) is 90.2 Å². The van der Waals surface area contributed by atoms with Gasteiger partial charge < -0.3 is 25.2 Å². The van der Waals surface area contributed by atoms with Crippen LogP contribution in [0.5, 0.6) is 0 Å². The van der Waals surface area contributed by atoms with Crippen LogP contribution < -0.4 is 0 Å². The molecule has 0 radical (unpaired) electrons. The second kappa shape index (κ2) is 9.52. The lowest BCUT2D eigenvalue weighted by Gasteiger charge is -2.26. The van der Waals surface area contributed by atoms with Crippen molar-refractivity contribution < 1.29 is 25.2 Å². The number of benzene rings is 2. The van der Waals surface area contributed by atoms with Gasteiger partial charge in [-0.25, -0.2) is 0 Å². The third-order valence-electron chi connectivity index (χ3n) is 3.81. The highest BCUT2D eigenvalue weighted by molar-refractivity contribution is 5.31. The summed E-state index contributed by atoms with van der Waals surface area (Å²) in [5.41, 5.74) is 2.90. The van der Waals surface area contributed by atoms with Crippen molar-refractivity contribution in [1.29, 1.82) is 0 Å². The lowest BCUT2D eigenvalue weighted by molar-refractivity contribution is -0.108. The molecule has 5 heteroatoms. The molecule has 3 atom stereocenters. The van der Waals surface area contributed by atoms with Gasteiger partial charge in [0.2, 0.25) is 0 Å². The van der Waals surface area contributed by atoms with Gasteiger partial charge in [0.1, 0.15) is 18.3 Å². The quantitative estimate of drug-likeness (QED) is 0.551. The molecule has 0 aliphatic rings. The van der Waals surface area contributed by atoms with Crippen LogP contribution in [0.4, 0.5) is 0 Å². The summed E-state index contributed by atoms with van der Waals surface area (Å²) in [5, 5.41) is 38.0. The van der Waals surface area contributed by atoms with Crippen LogP contribution in [0.2, 0.25) is 0 Å². The van der Waals surface area contributed by atoms with Gasteiger partial charge in [-0.3, -0.25) is 0 Å². The summed E-state index contributed by atoms with van der Waals surface area (Å²) in [6.07, 6.45) is -2.69. The summed E-state index contributed by atoms with van der Waals surface area (Å²) in [4.78, 5) is 0. The molecule has 0 aromatic heterocycles. The van der Waals surface area contributed by atoms with Crippen LogP contribution in [-0.4, -0.2) is 52.5 Å². The molecule has 0 aliphatic heterocycles. The molecule has 2 rings (SSSR count). The molecule has 0 spiro atoms. The summed E-state index contributed by atoms with van der Waals surface area (Å²) >= 11 is 0. The third kappa shape index (κ3) is 5.12. The average molecular weight is 332 g/mol. The molecule has 0 saturated carbocycles. The largest absolute Gasteiger partial charge is 0.394 e. The minimum atomic E-state index is -1.31. The predicted molar refractivity (Wildman–Crippen MR) is 90.6 cm³/mol. The van der Waals surface area contributed by atoms with Crippen LogP contribution in [0.25, 0.3) is 0 Å². The Kier molecular flexibility index (Phi) is 7.36. The Bertz CT molecular complexity index is 602. The number of aliphatic hydroxyl groups excluding tert-OH is 4. The van der Waals surface area contributed by atoms with Crippen molar-refractivity contribution >= 4 is 0 Å². The van der Waals surface area contributed by atoms with Crippen LogP contribution in [-0.2, 0) is 11.2 Å². The van der Waals surface area contributed by atoms with Gasteiger partial charge in [0, 0.05) is 0 Å². The first-order valence-corrected chi connectivity index (χ1v) is 7.98. The molecule has 5 nitrogen and oxygen atoms in total. The minimum Gasteiger partial charge on any atom is -0.394 e. The van der Waals surface area contributed by atoms with E-state index in [1.807, 2.05) is 48.5 Å². The van der Waals surface area contributed by atoms with Gasteiger partial charge in [0.25, 0.3) is 0 Å². The van der Waals surface area contributed by atoms with Gasteiger partial charge in [-0.2, -0.15) is 0 Å². The van der Waals surface area contributed by atoms with E-state index in [0.29, 0.717) is 5.56 Å². The summed E-state index contributed by atoms with van der Waals surface area (Å²) in [6.45, 7) is -0.727. The van der Waals surface area contributed by atoms with Crippen LogP contribution in [0, 0.1) is 0 Å². The first-order chi connectivity index (χ1) is 11.7. The van der Waals surface area contributed by atoms with Crippen molar-refractivity contribution in [3.63, 3.8) is 0 Å².